The van der Waals surface area contributed by atoms with E-state index < -0.39 is 6.10 Å². The molecule has 8 heteroatoms. The molecule has 1 atom stereocenters. The number of hydrogen-bond donors (Lipinski definition) is 1. The standard InChI is InChI=1S/C18H26N4O3S/c1-13-10-16(14(2)22(13)18-19-4-9-26-18)17(24)20(3)11-15(23)12-21-5-7-25-8-6-21/h4,9-10,15,23H,5-8,11-12H2,1-3H3/t15-/m0/s1. The van der Waals surface area contributed by atoms with Gasteiger partial charge in [0.15, 0.2) is 5.13 Å². The number of β-amino-alcohol motifs (C(OH)–C–C–N with tert-alkyl or cyclic N) is 1. The van der Waals surface area contributed by atoms with E-state index in [1.54, 1.807) is 18.1 Å². The van der Waals surface area contributed by atoms with Crippen LogP contribution in [0.1, 0.15) is 21.7 Å². The van der Waals surface area contributed by atoms with Crippen LogP contribution in [0.5, 0.6) is 0 Å². The minimum Gasteiger partial charge on any atom is -0.390 e. The Kier molecular flexibility index (Phi) is 6.08. The Balaban J connectivity index is 1.66. The molecule has 0 bridgehead atoms. The van der Waals surface area contributed by atoms with Crippen molar-refractivity contribution < 1.29 is 14.6 Å². The predicted molar refractivity (Wildman–Crippen MR) is 101 cm³/mol. The first-order valence-corrected chi connectivity index (χ1v) is 9.67. The number of aromatic nitrogens is 2. The molecule has 26 heavy (non-hydrogen) atoms. The van der Waals surface area contributed by atoms with Gasteiger partial charge in [0.05, 0.1) is 24.9 Å². The summed E-state index contributed by atoms with van der Waals surface area (Å²) < 4.78 is 7.32. The average molecular weight is 378 g/mol. The SMILES string of the molecule is Cc1cc(C(=O)N(C)C[C@H](O)CN2CCOCC2)c(C)n1-c1nccs1. The van der Waals surface area contributed by atoms with Gasteiger partial charge < -0.3 is 14.7 Å². The molecule has 1 N–H and O–H groups in total. The van der Waals surface area contributed by atoms with Gasteiger partial charge in [-0.25, -0.2) is 4.98 Å². The van der Waals surface area contributed by atoms with Gasteiger partial charge in [0.2, 0.25) is 0 Å². The summed E-state index contributed by atoms with van der Waals surface area (Å²) in [6, 6.07) is 1.89. The molecule has 142 valence electrons. The highest BCUT2D eigenvalue weighted by Crippen LogP contribution is 2.23. The van der Waals surface area contributed by atoms with Crippen molar-refractivity contribution in [2.24, 2.45) is 0 Å². The van der Waals surface area contributed by atoms with Gasteiger partial charge in [-0.05, 0) is 19.9 Å². The monoisotopic (exact) mass is 378 g/mol. The highest BCUT2D eigenvalue weighted by atomic mass is 32.1. The highest BCUT2D eigenvalue weighted by molar-refractivity contribution is 7.12. The predicted octanol–water partition coefficient (Wildman–Crippen LogP) is 1.32. The fourth-order valence-corrected chi connectivity index (χ4v) is 4.10. The molecule has 3 rings (SSSR count). The third kappa shape index (κ3) is 4.15. The topological polar surface area (TPSA) is 70.8 Å². The zero-order valence-electron chi connectivity index (χ0n) is 15.5. The summed E-state index contributed by atoms with van der Waals surface area (Å²) in [7, 11) is 1.74. The number of aliphatic hydroxyl groups is 1. The van der Waals surface area contributed by atoms with E-state index in [1.165, 1.54) is 11.3 Å². The van der Waals surface area contributed by atoms with E-state index in [2.05, 4.69) is 9.88 Å². The molecule has 1 fully saturated rings. The lowest BCUT2D eigenvalue weighted by molar-refractivity contribution is 0.00878. The van der Waals surface area contributed by atoms with Crippen LogP contribution in [-0.4, -0.2) is 82.9 Å². The number of aliphatic hydroxyl groups excluding tert-OH is 1. The second-order valence-corrected chi connectivity index (χ2v) is 7.56. The van der Waals surface area contributed by atoms with Crippen LogP contribution in [-0.2, 0) is 4.74 Å². The first-order chi connectivity index (χ1) is 12.5. The number of carbonyl (C=O) groups is 1. The fourth-order valence-electron chi connectivity index (χ4n) is 3.34. The van der Waals surface area contributed by atoms with Crippen LogP contribution in [0.4, 0.5) is 0 Å². The van der Waals surface area contributed by atoms with E-state index in [-0.39, 0.29) is 5.91 Å². The third-order valence-electron chi connectivity index (χ3n) is 4.68. The number of aryl methyl sites for hydroxylation is 1. The number of likely N-dealkylation sites (N-methyl/N-ethyl adjacent to an activating group) is 1. The summed E-state index contributed by atoms with van der Waals surface area (Å²) in [6.45, 7) is 7.80. The summed E-state index contributed by atoms with van der Waals surface area (Å²) in [5.41, 5.74) is 2.50. The molecule has 2 aromatic rings. The van der Waals surface area contributed by atoms with Gasteiger partial charge in [-0.15, -0.1) is 11.3 Å². The Bertz CT molecular complexity index is 738. The van der Waals surface area contributed by atoms with Crippen LogP contribution in [0.15, 0.2) is 17.6 Å². The average Bonchev–Trinajstić information content (AvgIpc) is 3.22. The van der Waals surface area contributed by atoms with Gasteiger partial charge in [0, 0.05) is 56.2 Å². The van der Waals surface area contributed by atoms with Gasteiger partial charge in [0.1, 0.15) is 0 Å². The number of nitrogens with zero attached hydrogens (tertiary/aromatic N) is 4. The summed E-state index contributed by atoms with van der Waals surface area (Å²) in [6.07, 6.45) is 1.18. The molecule has 2 aromatic heterocycles. The molecule has 1 aliphatic heterocycles. The number of thiazole rings is 1. The van der Waals surface area contributed by atoms with Crippen LogP contribution >= 0.6 is 11.3 Å². The van der Waals surface area contributed by atoms with E-state index in [0.717, 1.165) is 29.6 Å². The molecule has 0 aliphatic carbocycles. The van der Waals surface area contributed by atoms with Crippen molar-refractivity contribution in [1.82, 2.24) is 19.4 Å². The molecule has 1 saturated heterocycles. The number of ether oxygens (including phenoxy) is 1. The zero-order valence-corrected chi connectivity index (χ0v) is 16.3. The second-order valence-electron chi connectivity index (χ2n) is 6.69. The lowest BCUT2D eigenvalue weighted by Crippen LogP contribution is -2.45. The molecule has 1 aliphatic rings. The van der Waals surface area contributed by atoms with E-state index in [0.29, 0.717) is 31.9 Å². The highest BCUT2D eigenvalue weighted by Gasteiger charge is 2.23. The minimum atomic E-state index is -0.579. The molecule has 1 amide bonds. The van der Waals surface area contributed by atoms with Gasteiger partial charge in [-0.2, -0.15) is 0 Å². The van der Waals surface area contributed by atoms with Crippen molar-refractivity contribution in [3.63, 3.8) is 0 Å². The van der Waals surface area contributed by atoms with Crippen molar-refractivity contribution in [1.29, 1.82) is 0 Å². The Morgan fingerprint density at radius 3 is 2.81 bits per heavy atom. The van der Waals surface area contributed by atoms with Crippen LogP contribution in [0.2, 0.25) is 0 Å². The maximum atomic E-state index is 12.9. The molecular weight excluding hydrogens is 352 g/mol. The van der Waals surface area contributed by atoms with E-state index >= 15 is 0 Å². The Morgan fingerprint density at radius 1 is 1.42 bits per heavy atom. The Morgan fingerprint density at radius 2 is 2.15 bits per heavy atom. The molecule has 7 nitrogen and oxygen atoms in total. The van der Waals surface area contributed by atoms with E-state index in [1.807, 2.05) is 29.9 Å². The Labute approximate surface area is 157 Å². The van der Waals surface area contributed by atoms with Gasteiger partial charge in [-0.3, -0.25) is 14.3 Å². The van der Waals surface area contributed by atoms with Gasteiger partial charge >= 0.3 is 0 Å². The van der Waals surface area contributed by atoms with Crippen LogP contribution < -0.4 is 0 Å². The molecule has 3 heterocycles. The van der Waals surface area contributed by atoms with Crippen LogP contribution in [0, 0.1) is 13.8 Å². The fraction of sp³-hybridized carbons (Fsp3) is 0.556. The van der Waals surface area contributed by atoms with Crippen LogP contribution in [0.3, 0.4) is 0 Å². The molecular formula is C18H26N4O3S. The summed E-state index contributed by atoms with van der Waals surface area (Å²) in [5.74, 6) is -0.0815. The van der Waals surface area contributed by atoms with Crippen molar-refractivity contribution in [2.75, 3.05) is 46.4 Å². The number of morpholine rings is 1. The van der Waals surface area contributed by atoms with Gasteiger partial charge in [-0.1, -0.05) is 0 Å². The molecule has 0 unspecified atom stereocenters. The largest absolute Gasteiger partial charge is 0.390 e. The maximum Gasteiger partial charge on any atom is 0.255 e. The molecule has 0 saturated carbocycles. The first kappa shape index (κ1) is 19.0. The number of carbonyl (C=O) groups excluding carboxylic acids is 1. The normalized spacial score (nSPS) is 16.6. The van der Waals surface area contributed by atoms with E-state index in [4.69, 9.17) is 4.74 Å². The number of amides is 1. The molecule has 0 spiro atoms. The van der Waals surface area contributed by atoms with Crippen molar-refractivity contribution >= 4 is 17.2 Å². The lowest BCUT2D eigenvalue weighted by atomic mass is 10.2. The van der Waals surface area contributed by atoms with Crippen molar-refractivity contribution in [2.45, 2.75) is 20.0 Å². The van der Waals surface area contributed by atoms with Crippen molar-refractivity contribution in [3.05, 3.63) is 34.6 Å². The quantitative estimate of drug-likeness (QED) is 0.821. The Hall–Kier alpha value is -1.74. The smallest absolute Gasteiger partial charge is 0.255 e. The molecule has 0 radical (unpaired) electrons. The summed E-state index contributed by atoms with van der Waals surface area (Å²) >= 11 is 1.54. The number of hydrogen-bond acceptors (Lipinski definition) is 6. The third-order valence-corrected chi connectivity index (χ3v) is 5.43. The molecule has 0 aromatic carbocycles. The van der Waals surface area contributed by atoms with Crippen LogP contribution in [0.25, 0.3) is 5.13 Å². The van der Waals surface area contributed by atoms with Gasteiger partial charge in [0.25, 0.3) is 5.91 Å². The number of rotatable bonds is 6. The first-order valence-electron chi connectivity index (χ1n) is 8.80. The van der Waals surface area contributed by atoms with E-state index in [9.17, 15) is 9.90 Å². The maximum absolute atomic E-state index is 12.9. The summed E-state index contributed by atoms with van der Waals surface area (Å²) in [4.78, 5) is 21.0. The summed E-state index contributed by atoms with van der Waals surface area (Å²) in [5, 5.41) is 13.1. The van der Waals surface area contributed by atoms with Crippen molar-refractivity contribution in [3.8, 4) is 5.13 Å². The minimum absolute atomic E-state index is 0.0815. The second kappa shape index (κ2) is 8.30. The zero-order chi connectivity index (χ0) is 18.7. The lowest BCUT2D eigenvalue weighted by Gasteiger charge is -2.30.